The molecule has 0 atom stereocenters. The molecule has 0 aromatic carbocycles. The Morgan fingerprint density at radius 1 is 0.405 bits per heavy atom. The summed E-state index contributed by atoms with van der Waals surface area (Å²) < 4.78 is 28.5. The molecule has 0 aromatic heterocycles. The van der Waals surface area contributed by atoms with Gasteiger partial charge in [0.1, 0.15) is 0 Å². The third kappa shape index (κ3) is 44.3. The smallest absolute Gasteiger partial charge is 0.373 e. The molecule has 0 spiro atoms. The van der Waals surface area contributed by atoms with E-state index >= 15 is 0 Å². The van der Waals surface area contributed by atoms with Crippen LogP contribution in [0, 0.1) is 0 Å². The van der Waals surface area contributed by atoms with E-state index < -0.39 is 17.8 Å². The van der Waals surface area contributed by atoms with Crippen LogP contribution in [0.25, 0.3) is 79.9 Å². The van der Waals surface area contributed by atoms with Crippen LogP contribution in [0.1, 0.15) is 66.7 Å². The molecule has 0 N–H and O–H groups in total. The Bertz CT molecular complexity index is 510. The van der Waals surface area contributed by atoms with E-state index in [1.807, 2.05) is 34.6 Å². The molecule has 1 saturated carbocycles. The minimum absolute atomic E-state index is 0. The molecule has 1 aliphatic rings. The largest absolute Gasteiger partial charge is 5.00 e. The second-order valence-electron chi connectivity index (χ2n) is 5.05. The molecule has 0 amide bonds. The Morgan fingerprint density at radius 2 is 0.514 bits per heavy atom. The van der Waals surface area contributed by atoms with Crippen molar-refractivity contribution in [3.05, 3.63) is 79.9 Å². The first kappa shape index (κ1) is 51.5. The van der Waals surface area contributed by atoms with E-state index in [9.17, 15) is 0 Å². The van der Waals surface area contributed by atoms with Gasteiger partial charge in [-0.1, -0.05) is 32.1 Å². The van der Waals surface area contributed by atoms with E-state index in [2.05, 4.69) is 0 Å². The van der Waals surface area contributed by atoms with E-state index in [0.29, 0.717) is 33.0 Å². The van der Waals surface area contributed by atoms with Crippen LogP contribution < -0.4 is 0 Å². The first-order valence-electron chi connectivity index (χ1n) is 10.4. The minimum Gasteiger partial charge on any atom is -0.373 e. The summed E-state index contributed by atoms with van der Waals surface area (Å²) in [4.78, 5) is 7.50. The van der Waals surface area contributed by atoms with Gasteiger partial charge in [-0.2, -0.15) is 0 Å². The van der Waals surface area contributed by atoms with Crippen LogP contribution in [0.5, 0.6) is 0 Å². The maximum Gasteiger partial charge on any atom is 5.00 e. The topological polar surface area (TPSA) is 340 Å². The van der Waals surface area contributed by atoms with Crippen LogP contribution in [0.2, 0.25) is 0 Å². The van der Waals surface area contributed by atoms with Crippen molar-refractivity contribution in [2.75, 3.05) is 33.0 Å². The predicted octanol–water partition coefficient (Wildman–Crippen LogP) is 8.71. The zero-order valence-corrected chi connectivity index (χ0v) is 28.1. The maximum absolute atomic E-state index is 6.75. The number of nitrogens with zero attached hydrogens (tertiary/aromatic N) is 15. The Labute approximate surface area is 235 Å². The molecule has 22 heteroatoms. The summed E-state index contributed by atoms with van der Waals surface area (Å²) in [5.41, 5.74) is 67.5. The van der Waals surface area contributed by atoms with Gasteiger partial charge in [-0.25, -0.2) is 0 Å². The molecular weight excluding hydrogens is 832 g/mol. The van der Waals surface area contributed by atoms with Crippen LogP contribution in [0.3, 0.4) is 0 Å². The summed E-state index contributed by atoms with van der Waals surface area (Å²) in [5, 5.41) is 0. The van der Waals surface area contributed by atoms with E-state index in [4.69, 9.17) is 71.5 Å². The molecule has 1 fully saturated rings. The zero-order valence-electron chi connectivity index (χ0n) is 21.7. The number of hydrogen-bond donors (Lipinski definition) is 0. The second-order valence-corrected chi connectivity index (χ2v) is 15.0. The van der Waals surface area contributed by atoms with Crippen molar-refractivity contribution in [1.29, 1.82) is 0 Å². The van der Waals surface area contributed by atoms with E-state index in [1.165, 1.54) is 56.7 Å². The Morgan fingerprint density at radius 3 is 0.595 bits per heavy atom. The fraction of sp³-hybridized carbons (Fsp3) is 1.00. The zero-order chi connectivity index (χ0) is 29.6. The Hall–Kier alpha value is -2.17. The van der Waals surface area contributed by atoms with E-state index in [1.54, 1.807) is 0 Å². The molecule has 0 aliphatic heterocycles. The van der Waals surface area contributed by atoms with Crippen LogP contribution in [0.4, 0.5) is 0 Å². The fourth-order valence-electron chi connectivity index (χ4n) is 2.31. The molecule has 37 heavy (non-hydrogen) atoms. The molecule has 0 aromatic rings. The van der Waals surface area contributed by atoms with Gasteiger partial charge in [0.2, 0.25) is 0 Å². The molecule has 0 radical (unpaired) electrons. The average molecular weight is 867 g/mol. The first-order chi connectivity index (χ1) is 17.2. The van der Waals surface area contributed by atoms with Crippen molar-refractivity contribution < 1.29 is 56.4 Å². The van der Waals surface area contributed by atoms with Gasteiger partial charge in [0.25, 0.3) is 0 Å². The Kier molecular flexibility index (Phi) is 65.5. The van der Waals surface area contributed by atoms with Gasteiger partial charge < -0.3 is 55.3 Å². The fourth-order valence-corrected chi connectivity index (χ4v) is 12.6. The third-order valence-electron chi connectivity index (χ3n) is 2.95. The van der Waals surface area contributed by atoms with Crippen molar-refractivity contribution in [1.82, 2.24) is 0 Å². The van der Waals surface area contributed by atoms with Crippen molar-refractivity contribution in [3.63, 3.8) is 0 Å². The summed E-state index contributed by atoms with van der Waals surface area (Å²) in [6.45, 7) is 11.7. The molecule has 20 nitrogen and oxygen atoms in total. The molecule has 0 saturated heterocycles. The maximum atomic E-state index is 6.75. The van der Waals surface area contributed by atoms with Gasteiger partial charge in [0.05, 0.1) is 0 Å². The standard InChI is InChI=1S/C5H10.5C2H5O.5N3.2Ta/c1-2-4-5-3-1;5*1-2-3;5*1-3-2;;/h1-5H2;5*2H2,1H3;;;;;;;/q;10*-1;2*+5. The number of hydrogen-bond acceptors (Lipinski definition) is 5. The molecular formula is C15H35N15O5Ta2. The van der Waals surface area contributed by atoms with Gasteiger partial charge in [-0.05, 0) is 0 Å². The monoisotopic (exact) mass is 867 g/mol. The van der Waals surface area contributed by atoms with Crippen molar-refractivity contribution in [2.24, 2.45) is 0 Å². The van der Waals surface area contributed by atoms with Gasteiger partial charge in [0.15, 0.2) is 0 Å². The number of rotatable bonds is 10. The van der Waals surface area contributed by atoms with Crippen molar-refractivity contribution in [3.8, 4) is 0 Å². The molecule has 1 rings (SSSR count). The quantitative estimate of drug-likeness (QED) is 0.118. The van der Waals surface area contributed by atoms with Gasteiger partial charge in [-0.15, -0.1) is 0 Å². The molecule has 0 bridgehead atoms. The summed E-state index contributed by atoms with van der Waals surface area (Å²) in [6, 6.07) is 0. The van der Waals surface area contributed by atoms with Crippen LogP contribution in [-0.4, -0.2) is 33.0 Å². The molecule has 0 unspecified atom stereocenters. The van der Waals surface area contributed by atoms with E-state index in [-0.39, 0.29) is 22.4 Å². The third-order valence-corrected chi connectivity index (χ3v) is 15.2. The summed E-state index contributed by atoms with van der Waals surface area (Å²) in [6.07, 6.45) is 7.50. The molecule has 1 aliphatic carbocycles. The van der Waals surface area contributed by atoms with Gasteiger partial charge in [0, 0.05) is 0 Å². The SMILES string of the molecule is C1CCCC1.CC[O][Ta]([O]CC)([O]CC)([O]CC)[O]CC.[N-]=[N+]=[N-].[N-]=[N+]=[N-].[N-]=[N+]=[N-].[N-]=[N+]=[N-].[N-]=[N+]=[N-].[Ta+5]. The van der Waals surface area contributed by atoms with Crippen LogP contribution >= 0.6 is 0 Å². The summed E-state index contributed by atoms with van der Waals surface area (Å²) in [5.74, 6) is 0. The van der Waals surface area contributed by atoms with Crippen molar-refractivity contribution in [2.45, 2.75) is 66.7 Å². The second kappa shape index (κ2) is 47.1. The van der Waals surface area contributed by atoms with Crippen LogP contribution in [0.15, 0.2) is 0 Å². The van der Waals surface area contributed by atoms with Crippen molar-refractivity contribution >= 4 is 0 Å². The summed E-state index contributed by atoms with van der Waals surface area (Å²) >= 11 is -4.86. The summed E-state index contributed by atoms with van der Waals surface area (Å²) in [7, 11) is 0. The minimum atomic E-state index is -4.86. The van der Waals surface area contributed by atoms with E-state index in [0.717, 1.165) is 0 Å². The van der Waals surface area contributed by atoms with Gasteiger partial charge >= 0.3 is 124 Å². The molecule has 210 valence electrons. The molecule has 0 heterocycles. The normalized spacial score (nSPS) is 10.7. The van der Waals surface area contributed by atoms with Gasteiger partial charge in [-0.3, -0.25) is 24.6 Å². The van der Waals surface area contributed by atoms with Crippen LogP contribution in [-0.2, 0) is 56.4 Å². The Balaban J connectivity index is -0.0000000699. The first-order valence-corrected chi connectivity index (χ1v) is 17.0. The predicted molar refractivity (Wildman–Crippen MR) is 132 cm³/mol. The average Bonchev–Trinajstić information content (AvgIpc) is 3.38.